The lowest BCUT2D eigenvalue weighted by molar-refractivity contribution is -0.137. The molecule has 0 aliphatic rings. The van der Waals surface area contributed by atoms with Gasteiger partial charge in [-0.15, -0.1) is 0 Å². The predicted molar refractivity (Wildman–Crippen MR) is 86.0 cm³/mol. The first-order chi connectivity index (χ1) is 10.6. The van der Waals surface area contributed by atoms with Crippen LogP contribution in [0.2, 0.25) is 0 Å². The fourth-order valence-corrected chi connectivity index (χ4v) is 2.29. The van der Waals surface area contributed by atoms with Gasteiger partial charge in [0.15, 0.2) is 0 Å². The first kappa shape index (κ1) is 16.0. The summed E-state index contributed by atoms with van der Waals surface area (Å²) in [7, 11) is 1.60. The molecule has 1 atom stereocenters. The molecule has 2 aromatic carbocycles. The van der Waals surface area contributed by atoms with Crippen molar-refractivity contribution in [3.05, 3.63) is 65.2 Å². The molecule has 2 aromatic rings. The Morgan fingerprint density at radius 3 is 2.59 bits per heavy atom. The van der Waals surface area contributed by atoms with Gasteiger partial charge in [-0.3, -0.25) is 4.79 Å². The van der Waals surface area contributed by atoms with Crippen molar-refractivity contribution >= 4 is 5.97 Å². The molecule has 0 heterocycles. The molecule has 0 saturated carbocycles. The van der Waals surface area contributed by atoms with Crippen LogP contribution in [-0.2, 0) is 11.3 Å². The SMILES string of the molecule is COc1cccc(C(CC(=O)O)NCc2ccc(C)cc2)c1. The number of methoxy groups -OCH3 is 1. The fourth-order valence-electron chi connectivity index (χ4n) is 2.29. The maximum atomic E-state index is 11.1. The number of carboxylic acids is 1. The normalized spacial score (nSPS) is 11.9. The van der Waals surface area contributed by atoms with Crippen LogP contribution in [0.5, 0.6) is 5.75 Å². The van der Waals surface area contributed by atoms with Gasteiger partial charge in [-0.25, -0.2) is 0 Å². The molecule has 4 nitrogen and oxygen atoms in total. The molecule has 0 amide bonds. The molecule has 2 N–H and O–H groups in total. The third-order valence-corrected chi connectivity index (χ3v) is 3.55. The Morgan fingerprint density at radius 2 is 1.95 bits per heavy atom. The summed E-state index contributed by atoms with van der Waals surface area (Å²) in [5.41, 5.74) is 3.25. The molecule has 0 bridgehead atoms. The summed E-state index contributed by atoms with van der Waals surface area (Å²) in [6.07, 6.45) is 0.0268. The van der Waals surface area contributed by atoms with Crippen molar-refractivity contribution in [2.24, 2.45) is 0 Å². The molecule has 0 aromatic heterocycles. The van der Waals surface area contributed by atoms with Gasteiger partial charge in [0.05, 0.1) is 13.5 Å². The summed E-state index contributed by atoms with van der Waals surface area (Å²) in [4.78, 5) is 11.1. The van der Waals surface area contributed by atoms with Crippen molar-refractivity contribution in [3.8, 4) is 5.75 Å². The molecular weight excluding hydrogens is 278 g/mol. The first-order valence-electron chi connectivity index (χ1n) is 7.23. The van der Waals surface area contributed by atoms with Crippen molar-refractivity contribution in [3.63, 3.8) is 0 Å². The van der Waals surface area contributed by atoms with Crippen molar-refractivity contribution in [1.82, 2.24) is 5.32 Å². The Morgan fingerprint density at radius 1 is 1.23 bits per heavy atom. The van der Waals surface area contributed by atoms with E-state index in [4.69, 9.17) is 9.84 Å². The van der Waals surface area contributed by atoms with Gasteiger partial charge in [0, 0.05) is 12.6 Å². The van der Waals surface area contributed by atoms with E-state index in [0.29, 0.717) is 6.54 Å². The van der Waals surface area contributed by atoms with Crippen LogP contribution in [0.15, 0.2) is 48.5 Å². The number of nitrogens with one attached hydrogen (secondary N) is 1. The maximum absolute atomic E-state index is 11.1. The topological polar surface area (TPSA) is 58.6 Å². The number of ether oxygens (including phenoxy) is 1. The molecule has 0 saturated heterocycles. The second-order valence-electron chi connectivity index (χ2n) is 5.29. The van der Waals surface area contributed by atoms with Crippen molar-refractivity contribution < 1.29 is 14.6 Å². The minimum atomic E-state index is -0.829. The highest BCUT2D eigenvalue weighted by atomic mass is 16.5. The highest BCUT2D eigenvalue weighted by Gasteiger charge is 2.15. The highest BCUT2D eigenvalue weighted by Crippen LogP contribution is 2.22. The number of carboxylic acid groups (broad SMARTS) is 1. The largest absolute Gasteiger partial charge is 0.497 e. The average Bonchev–Trinajstić information content (AvgIpc) is 2.52. The number of hydrogen-bond donors (Lipinski definition) is 2. The lowest BCUT2D eigenvalue weighted by Crippen LogP contribution is -2.23. The average molecular weight is 299 g/mol. The van der Waals surface area contributed by atoms with Crippen LogP contribution >= 0.6 is 0 Å². The van der Waals surface area contributed by atoms with E-state index in [9.17, 15) is 4.79 Å². The zero-order valence-corrected chi connectivity index (χ0v) is 12.9. The highest BCUT2D eigenvalue weighted by molar-refractivity contribution is 5.68. The standard InChI is InChI=1S/C18H21NO3/c1-13-6-8-14(9-7-13)12-19-17(11-18(20)21)15-4-3-5-16(10-15)22-2/h3-10,17,19H,11-12H2,1-2H3,(H,20,21). The van der Waals surface area contributed by atoms with Crippen LogP contribution in [0.1, 0.15) is 29.2 Å². The first-order valence-corrected chi connectivity index (χ1v) is 7.23. The van der Waals surface area contributed by atoms with Gasteiger partial charge in [0.1, 0.15) is 5.75 Å². The third-order valence-electron chi connectivity index (χ3n) is 3.55. The molecule has 116 valence electrons. The maximum Gasteiger partial charge on any atom is 0.305 e. The lowest BCUT2D eigenvalue weighted by Gasteiger charge is -2.18. The van der Waals surface area contributed by atoms with E-state index in [0.717, 1.165) is 16.9 Å². The van der Waals surface area contributed by atoms with Gasteiger partial charge in [0.25, 0.3) is 0 Å². The number of carbonyl (C=O) groups is 1. The van der Waals surface area contributed by atoms with E-state index in [2.05, 4.69) is 17.4 Å². The Balaban J connectivity index is 2.11. The van der Waals surface area contributed by atoms with E-state index in [1.807, 2.05) is 43.3 Å². The molecule has 0 fully saturated rings. The minimum absolute atomic E-state index is 0.0268. The number of hydrogen-bond acceptors (Lipinski definition) is 3. The van der Waals surface area contributed by atoms with Crippen LogP contribution < -0.4 is 10.1 Å². The molecule has 0 aliphatic carbocycles. The van der Waals surface area contributed by atoms with Crippen LogP contribution in [0.4, 0.5) is 0 Å². The number of aliphatic carboxylic acids is 1. The van der Waals surface area contributed by atoms with Crippen LogP contribution in [0, 0.1) is 6.92 Å². The van der Waals surface area contributed by atoms with Crippen molar-refractivity contribution in [1.29, 1.82) is 0 Å². The summed E-state index contributed by atoms with van der Waals surface area (Å²) >= 11 is 0. The van der Waals surface area contributed by atoms with Crippen LogP contribution in [0.25, 0.3) is 0 Å². The van der Waals surface area contributed by atoms with E-state index in [1.165, 1.54) is 5.56 Å². The minimum Gasteiger partial charge on any atom is -0.497 e. The van der Waals surface area contributed by atoms with E-state index in [-0.39, 0.29) is 12.5 Å². The van der Waals surface area contributed by atoms with Crippen LogP contribution in [-0.4, -0.2) is 18.2 Å². The lowest BCUT2D eigenvalue weighted by atomic mass is 10.0. The second kappa shape index (κ2) is 7.61. The summed E-state index contributed by atoms with van der Waals surface area (Å²) in [5, 5.41) is 12.5. The molecule has 22 heavy (non-hydrogen) atoms. The smallest absolute Gasteiger partial charge is 0.305 e. The summed E-state index contributed by atoms with van der Waals surface area (Å²) in [6, 6.07) is 15.4. The zero-order valence-electron chi connectivity index (χ0n) is 12.9. The molecule has 4 heteroatoms. The Hall–Kier alpha value is -2.33. The predicted octanol–water partition coefficient (Wildman–Crippen LogP) is 3.31. The summed E-state index contributed by atoms with van der Waals surface area (Å²) < 4.78 is 5.21. The Labute approximate surface area is 130 Å². The molecule has 0 radical (unpaired) electrons. The number of rotatable bonds is 7. The summed E-state index contributed by atoms with van der Waals surface area (Å²) in [6.45, 7) is 2.66. The van der Waals surface area contributed by atoms with E-state index < -0.39 is 5.97 Å². The van der Waals surface area contributed by atoms with Gasteiger partial charge in [-0.1, -0.05) is 42.0 Å². The van der Waals surface area contributed by atoms with E-state index in [1.54, 1.807) is 7.11 Å². The summed E-state index contributed by atoms with van der Waals surface area (Å²) in [5.74, 6) is -0.103. The molecule has 0 aliphatic heterocycles. The molecule has 2 rings (SSSR count). The van der Waals surface area contributed by atoms with Crippen molar-refractivity contribution in [2.45, 2.75) is 25.9 Å². The van der Waals surface area contributed by atoms with Gasteiger partial charge >= 0.3 is 5.97 Å². The molecular formula is C18H21NO3. The Kier molecular flexibility index (Phi) is 5.55. The van der Waals surface area contributed by atoms with Crippen molar-refractivity contribution in [2.75, 3.05) is 7.11 Å². The van der Waals surface area contributed by atoms with Gasteiger partial charge in [-0.05, 0) is 30.2 Å². The number of benzene rings is 2. The molecule has 0 spiro atoms. The van der Waals surface area contributed by atoms with Gasteiger partial charge in [0.2, 0.25) is 0 Å². The Bertz CT molecular complexity index is 622. The second-order valence-corrected chi connectivity index (χ2v) is 5.29. The fraction of sp³-hybridized carbons (Fsp3) is 0.278. The van der Waals surface area contributed by atoms with Gasteiger partial charge < -0.3 is 15.2 Å². The molecule has 1 unspecified atom stereocenters. The van der Waals surface area contributed by atoms with Gasteiger partial charge in [-0.2, -0.15) is 0 Å². The number of aryl methyl sites for hydroxylation is 1. The van der Waals surface area contributed by atoms with Crippen LogP contribution in [0.3, 0.4) is 0 Å². The quantitative estimate of drug-likeness (QED) is 0.823. The monoisotopic (exact) mass is 299 g/mol. The third kappa shape index (κ3) is 4.60. The van der Waals surface area contributed by atoms with E-state index >= 15 is 0 Å². The zero-order chi connectivity index (χ0) is 15.9.